The topological polar surface area (TPSA) is 78.5 Å². The van der Waals surface area contributed by atoms with E-state index in [1.165, 1.54) is 0 Å². The summed E-state index contributed by atoms with van der Waals surface area (Å²) in [6, 6.07) is 0. The van der Waals surface area contributed by atoms with Gasteiger partial charge in [-0.1, -0.05) is 26.7 Å². The van der Waals surface area contributed by atoms with Crippen LogP contribution in [0.2, 0.25) is 0 Å². The van der Waals surface area contributed by atoms with Gasteiger partial charge in [0.15, 0.2) is 0 Å². The molecule has 94 valence electrons. The zero-order valence-electron chi connectivity index (χ0n) is 10.2. The van der Waals surface area contributed by atoms with E-state index >= 15 is 0 Å². The molecule has 0 aromatic carbocycles. The van der Waals surface area contributed by atoms with Gasteiger partial charge in [-0.15, -0.1) is 0 Å². The number of aliphatic hydroxyl groups excluding tert-OH is 2. The van der Waals surface area contributed by atoms with E-state index in [1.54, 1.807) is 0 Å². The number of nitrogens with two attached hydrogens (primary N) is 1. The Morgan fingerprint density at radius 1 is 1.20 bits per heavy atom. The van der Waals surface area contributed by atoms with Crippen molar-refractivity contribution in [3.05, 3.63) is 0 Å². The second-order valence-electron chi connectivity index (χ2n) is 3.51. The summed E-state index contributed by atoms with van der Waals surface area (Å²) < 4.78 is 0. The molecule has 1 atom stereocenters. The predicted molar refractivity (Wildman–Crippen MR) is 64.8 cm³/mol. The van der Waals surface area contributed by atoms with Gasteiger partial charge in [-0.3, -0.25) is 0 Å². The largest absolute Gasteiger partial charge is 0.395 e. The quantitative estimate of drug-likeness (QED) is 0.449. The molecular formula is C11H28N2O2. The molecule has 0 amide bonds. The molecule has 0 bridgehead atoms. The molecule has 0 radical (unpaired) electrons. The first-order valence-corrected chi connectivity index (χ1v) is 5.92. The number of unbranched alkanes of at least 4 members (excludes halogenated alkanes) is 1. The number of hydrogen-bond acceptors (Lipinski definition) is 4. The Morgan fingerprint density at radius 2 is 1.87 bits per heavy atom. The van der Waals surface area contributed by atoms with Crippen LogP contribution in [0.4, 0.5) is 0 Å². The van der Waals surface area contributed by atoms with Crippen LogP contribution >= 0.6 is 0 Å². The molecule has 0 saturated heterocycles. The maximum absolute atomic E-state index is 8.86. The van der Waals surface area contributed by atoms with E-state index < -0.39 is 0 Å². The van der Waals surface area contributed by atoms with E-state index in [4.69, 9.17) is 15.9 Å². The van der Waals surface area contributed by atoms with Crippen molar-refractivity contribution >= 4 is 0 Å². The third-order valence-corrected chi connectivity index (χ3v) is 1.88. The van der Waals surface area contributed by atoms with Crippen molar-refractivity contribution in [2.45, 2.75) is 45.6 Å². The van der Waals surface area contributed by atoms with Gasteiger partial charge in [-0.2, -0.15) is 0 Å². The van der Waals surface area contributed by atoms with E-state index in [0.29, 0.717) is 6.54 Å². The van der Waals surface area contributed by atoms with E-state index in [2.05, 4.69) is 19.2 Å². The Morgan fingerprint density at radius 3 is 2.27 bits per heavy atom. The van der Waals surface area contributed by atoms with Gasteiger partial charge in [-0.05, 0) is 19.4 Å². The standard InChI is InChI=1S/C6H15NO.C5H13NO/c1-2-3-4-6(8)5-7;1-2-3-6-4-5-7/h6,8H,2-5,7H2,1H3;6-7H,2-5H2,1H3. The fourth-order valence-corrected chi connectivity index (χ4v) is 0.938. The maximum Gasteiger partial charge on any atom is 0.0662 e. The molecule has 5 N–H and O–H groups in total. The lowest BCUT2D eigenvalue weighted by Gasteiger charge is -2.03. The van der Waals surface area contributed by atoms with Crippen LogP contribution in [0.25, 0.3) is 0 Å². The summed E-state index contributed by atoms with van der Waals surface area (Å²) in [6.07, 6.45) is 3.94. The summed E-state index contributed by atoms with van der Waals surface area (Å²) in [5.74, 6) is 0. The lowest BCUT2D eigenvalue weighted by Crippen LogP contribution is -2.18. The van der Waals surface area contributed by atoms with E-state index in [0.717, 1.165) is 38.8 Å². The number of rotatable bonds is 8. The van der Waals surface area contributed by atoms with Crippen molar-refractivity contribution in [1.29, 1.82) is 0 Å². The van der Waals surface area contributed by atoms with Crippen LogP contribution in [0.3, 0.4) is 0 Å². The Kier molecular flexibility index (Phi) is 18.7. The van der Waals surface area contributed by atoms with Crippen molar-refractivity contribution in [2.75, 3.05) is 26.2 Å². The van der Waals surface area contributed by atoms with Gasteiger partial charge in [0, 0.05) is 13.1 Å². The summed E-state index contributed by atoms with van der Waals surface area (Å²) in [5.41, 5.74) is 5.16. The second kappa shape index (κ2) is 16.3. The van der Waals surface area contributed by atoms with Gasteiger partial charge in [0.1, 0.15) is 0 Å². The van der Waals surface area contributed by atoms with Crippen LogP contribution in [0.15, 0.2) is 0 Å². The summed E-state index contributed by atoms with van der Waals surface area (Å²) in [7, 11) is 0. The third kappa shape index (κ3) is 20.0. The van der Waals surface area contributed by atoms with E-state index in [9.17, 15) is 0 Å². The van der Waals surface area contributed by atoms with E-state index in [-0.39, 0.29) is 12.7 Å². The van der Waals surface area contributed by atoms with E-state index in [1.807, 2.05) is 0 Å². The fraction of sp³-hybridized carbons (Fsp3) is 1.00. The highest BCUT2D eigenvalue weighted by atomic mass is 16.3. The van der Waals surface area contributed by atoms with Crippen LogP contribution in [0.5, 0.6) is 0 Å². The lowest BCUT2D eigenvalue weighted by molar-refractivity contribution is 0.169. The molecule has 0 rings (SSSR count). The molecule has 4 nitrogen and oxygen atoms in total. The van der Waals surface area contributed by atoms with Crippen LogP contribution < -0.4 is 11.1 Å². The van der Waals surface area contributed by atoms with Crippen molar-refractivity contribution in [1.82, 2.24) is 5.32 Å². The Bertz CT molecular complexity index is 98.6. The molecule has 0 aromatic heterocycles. The van der Waals surface area contributed by atoms with Crippen LogP contribution in [0, 0.1) is 0 Å². The molecule has 0 aliphatic heterocycles. The molecule has 0 heterocycles. The Balaban J connectivity index is 0. The van der Waals surface area contributed by atoms with Gasteiger partial charge in [0.2, 0.25) is 0 Å². The maximum atomic E-state index is 8.86. The van der Waals surface area contributed by atoms with Crippen molar-refractivity contribution in [3.8, 4) is 0 Å². The molecule has 1 unspecified atom stereocenters. The van der Waals surface area contributed by atoms with Gasteiger partial charge in [0.25, 0.3) is 0 Å². The van der Waals surface area contributed by atoms with Crippen molar-refractivity contribution in [2.24, 2.45) is 5.73 Å². The highest BCUT2D eigenvalue weighted by molar-refractivity contribution is 4.53. The summed E-state index contributed by atoms with van der Waals surface area (Å²) in [5, 5.41) is 20.1. The minimum Gasteiger partial charge on any atom is -0.395 e. The average Bonchev–Trinajstić information content (AvgIpc) is 2.27. The first-order valence-electron chi connectivity index (χ1n) is 5.92. The molecule has 0 aliphatic rings. The molecular weight excluding hydrogens is 192 g/mol. The highest BCUT2D eigenvalue weighted by Gasteiger charge is 1.96. The summed E-state index contributed by atoms with van der Waals surface area (Å²) >= 11 is 0. The SMILES string of the molecule is CCCCC(O)CN.CCCNCCO. The average molecular weight is 220 g/mol. The number of hydrogen-bond donors (Lipinski definition) is 4. The molecule has 0 spiro atoms. The number of nitrogens with one attached hydrogen (secondary N) is 1. The molecule has 0 aliphatic carbocycles. The molecule has 0 fully saturated rings. The summed E-state index contributed by atoms with van der Waals surface area (Å²) in [4.78, 5) is 0. The fourth-order valence-electron chi connectivity index (χ4n) is 0.938. The van der Waals surface area contributed by atoms with Crippen LogP contribution in [0.1, 0.15) is 39.5 Å². The van der Waals surface area contributed by atoms with Crippen molar-refractivity contribution in [3.63, 3.8) is 0 Å². The van der Waals surface area contributed by atoms with Gasteiger partial charge < -0.3 is 21.3 Å². The van der Waals surface area contributed by atoms with Crippen LogP contribution in [-0.4, -0.2) is 42.6 Å². The molecule has 15 heavy (non-hydrogen) atoms. The first-order chi connectivity index (χ1) is 7.22. The molecule has 0 aromatic rings. The van der Waals surface area contributed by atoms with Gasteiger partial charge in [-0.25, -0.2) is 0 Å². The molecule has 0 saturated carbocycles. The Hall–Kier alpha value is -0.160. The smallest absolute Gasteiger partial charge is 0.0662 e. The summed E-state index contributed by atoms with van der Waals surface area (Å²) in [6.45, 7) is 6.60. The number of aliphatic hydroxyl groups is 2. The first kappa shape index (κ1) is 17.2. The van der Waals surface area contributed by atoms with Gasteiger partial charge in [0.05, 0.1) is 12.7 Å². The highest BCUT2D eigenvalue weighted by Crippen LogP contribution is 1.97. The molecule has 4 heteroatoms. The minimum atomic E-state index is -0.269. The Labute approximate surface area is 93.9 Å². The van der Waals surface area contributed by atoms with Gasteiger partial charge >= 0.3 is 0 Å². The minimum absolute atomic E-state index is 0.250. The van der Waals surface area contributed by atoms with Crippen molar-refractivity contribution < 1.29 is 10.2 Å². The van der Waals surface area contributed by atoms with Crippen LogP contribution in [-0.2, 0) is 0 Å². The normalized spacial score (nSPS) is 11.8. The monoisotopic (exact) mass is 220 g/mol. The lowest BCUT2D eigenvalue weighted by atomic mass is 10.2. The predicted octanol–water partition coefficient (Wildman–Crippen LogP) is 0.475. The zero-order chi connectivity index (χ0) is 11.9. The second-order valence-corrected chi connectivity index (χ2v) is 3.51. The third-order valence-electron chi connectivity index (χ3n) is 1.88. The zero-order valence-corrected chi connectivity index (χ0v) is 10.2.